The van der Waals surface area contributed by atoms with Crippen molar-refractivity contribution < 1.29 is 14.3 Å². The lowest BCUT2D eigenvalue weighted by atomic mass is 10.1. The van der Waals surface area contributed by atoms with E-state index < -0.39 is 0 Å². The highest BCUT2D eigenvalue weighted by molar-refractivity contribution is 5.80. The van der Waals surface area contributed by atoms with E-state index in [1.165, 1.54) is 0 Å². The lowest BCUT2D eigenvalue weighted by molar-refractivity contribution is -0.122. The summed E-state index contributed by atoms with van der Waals surface area (Å²) in [4.78, 5) is 18.4. The lowest BCUT2D eigenvalue weighted by Gasteiger charge is -2.32. The number of hydrogen-bond acceptors (Lipinski definition) is 5. The van der Waals surface area contributed by atoms with Crippen LogP contribution in [-0.2, 0) is 4.79 Å². The fourth-order valence-corrected chi connectivity index (χ4v) is 3.34. The second-order valence-electron chi connectivity index (χ2n) is 7.61. The SMILES string of the molecule is CCCNC(=O)CN1CCC(NC(=NC)NCC(C)Oc2cccc(OC)c2)CC1. The van der Waals surface area contributed by atoms with Crippen molar-refractivity contribution in [3.8, 4) is 11.5 Å². The molecule has 1 unspecified atom stereocenters. The molecule has 1 heterocycles. The molecule has 1 atom stereocenters. The van der Waals surface area contributed by atoms with Crippen LogP contribution in [0.1, 0.15) is 33.1 Å². The third-order valence-corrected chi connectivity index (χ3v) is 5.03. The van der Waals surface area contributed by atoms with Crippen LogP contribution in [0.25, 0.3) is 0 Å². The van der Waals surface area contributed by atoms with Crippen LogP contribution in [0.4, 0.5) is 0 Å². The third kappa shape index (κ3) is 8.49. The van der Waals surface area contributed by atoms with Crippen LogP contribution >= 0.6 is 0 Å². The monoisotopic (exact) mass is 419 g/mol. The molecular formula is C22H37N5O3. The van der Waals surface area contributed by atoms with Gasteiger partial charge in [0.1, 0.15) is 17.6 Å². The number of rotatable bonds is 10. The number of likely N-dealkylation sites (tertiary alicyclic amines) is 1. The summed E-state index contributed by atoms with van der Waals surface area (Å²) in [6.45, 7) is 7.75. The van der Waals surface area contributed by atoms with Crippen molar-refractivity contribution in [1.82, 2.24) is 20.9 Å². The molecule has 8 heteroatoms. The zero-order valence-electron chi connectivity index (χ0n) is 18.7. The number of nitrogens with one attached hydrogen (secondary N) is 3. The average molecular weight is 420 g/mol. The van der Waals surface area contributed by atoms with Gasteiger partial charge in [-0.15, -0.1) is 0 Å². The Morgan fingerprint density at radius 3 is 2.67 bits per heavy atom. The lowest BCUT2D eigenvalue weighted by Crippen LogP contribution is -2.51. The number of hydrogen-bond donors (Lipinski definition) is 3. The van der Waals surface area contributed by atoms with Crippen LogP contribution < -0.4 is 25.4 Å². The average Bonchev–Trinajstić information content (AvgIpc) is 2.76. The summed E-state index contributed by atoms with van der Waals surface area (Å²) in [7, 11) is 3.42. The summed E-state index contributed by atoms with van der Waals surface area (Å²) >= 11 is 0. The molecule has 1 aromatic rings. The molecule has 1 aromatic carbocycles. The molecular weight excluding hydrogens is 382 g/mol. The van der Waals surface area contributed by atoms with Gasteiger partial charge >= 0.3 is 0 Å². The molecule has 0 radical (unpaired) electrons. The smallest absolute Gasteiger partial charge is 0.234 e. The Balaban J connectivity index is 1.69. The molecule has 0 aliphatic carbocycles. The predicted octanol–water partition coefficient (Wildman–Crippen LogP) is 1.62. The maximum absolute atomic E-state index is 11.9. The fraction of sp³-hybridized carbons (Fsp3) is 0.636. The van der Waals surface area contributed by atoms with Crippen molar-refractivity contribution in [1.29, 1.82) is 0 Å². The predicted molar refractivity (Wildman–Crippen MR) is 120 cm³/mol. The Morgan fingerprint density at radius 1 is 1.27 bits per heavy atom. The Hall–Kier alpha value is -2.48. The number of methoxy groups -OCH3 is 1. The van der Waals surface area contributed by atoms with Gasteiger partial charge in [0.25, 0.3) is 0 Å². The second kappa shape index (κ2) is 13.0. The fourth-order valence-electron chi connectivity index (χ4n) is 3.34. The molecule has 8 nitrogen and oxygen atoms in total. The number of nitrogens with zero attached hydrogens (tertiary/aromatic N) is 2. The van der Waals surface area contributed by atoms with Gasteiger partial charge in [-0.25, -0.2) is 0 Å². The summed E-state index contributed by atoms with van der Waals surface area (Å²) in [6.07, 6.45) is 2.90. The number of aliphatic imine (C=N–C) groups is 1. The van der Waals surface area contributed by atoms with Gasteiger partial charge in [0.05, 0.1) is 20.2 Å². The van der Waals surface area contributed by atoms with Crippen molar-refractivity contribution in [3.05, 3.63) is 24.3 Å². The van der Waals surface area contributed by atoms with E-state index in [4.69, 9.17) is 9.47 Å². The molecule has 2 rings (SSSR count). The van der Waals surface area contributed by atoms with Crippen molar-refractivity contribution >= 4 is 11.9 Å². The topological polar surface area (TPSA) is 87.2 Å². The normalized spacial score (nSPS) is 16.6. The van der Waals surface area contributed by atoms with E-state index in [1.807, 2.05) is 31.2 Å². The minimum atomic E-state index is -0.0286. The van der Waals surface area contributed by atoms with Crippen LogP contribution in [0.3, 0.4) is 0 Å². The standard InChI is InChI=1S/C22H37N5O3/c1-5-11-24-21(28)16-27-12-9-18(10-13-27)26-22(23-3)25-15-17(2)30-20-8-6-7-19(14-20)29-4/h6-8,14,17-18H,5,9-13,15-16H2,1-4H3,(H,24,28)(H2,23,25,26). The highest BCUT2D eigenvalue weighted by Crippen LogP contribution is 2.19. The van der Waals surface area contributed by atoms with Gasteiger partial charge in [-0.2, -0.15) is 0 Å². The first-order valence-corrected chi connectivity index (χ1v) is 10.8. The van der Waals surface area contributed by atoms with E-state index in [-0.39, 0.29) is 12.0 Å². The molecule has 0 saturated carbocycles. The maximum atomic E-state index is 11.9. The molecule has 1 aliphatic heterocycles. The summed E-state index contributed by atoms with van der Waals surface area (Å²) in [5.41, 5.74) is 0. The first-order chi connectivity index (χ1) is 14.5. The number of piperidine rings is 1. The number of ether oxygens (including phenoxy) is 2. The zero-order valence-corrected chi connectivity index (χ0v) is 18.7. The van der Waals surface area contributed by atoms with E-state index >= 15 is 0 Å². The minimum absolute atomic E-state index is 0.0286. The molecule has 0 spiro atoms. The summed E-state index contributed by atoms with van der Waals surface area (Å²) in [5, 5.41) is 9.76. The van der Waals surface area contributed by atoms with E-state index in [0.29, 0.717) is 19.1 Å². The molecule has 1 aliphatic rings. The van der Waals surface area contributed by atoms with Crippen molar-refractivity contribution in [2.75, 3.05) is 46.9 Å². The second-order valence-corrected chi connectivity index (χ2v) is 7.61. The highest BCUT2D eigenvalue weighted by Gasteiger charge is 2.21. The van der Waals surface area contributed by atoms with Gasteiger partial charge in [-0.3, -0.25) is 14.7 Å². The number of benzene rings is 1. The third-order valence-electron chi connectivity index (χ3n) is 5.03. The van der Waals surface area contributed by atoms with Crippen molar-refractivity contribution in [2.24, 2.45) is 4.99 Å². The number of guanidine groups is 1. The van der Waals surface area contributed by atoms with Crippen LogP contribution in [0.5, 0.6) is 11.5 Å². The van der Waals surface area contributed by atoms with E-state index in [0.717, 1.165) is 56.4 Å². The molecule has 3 N–H and O–H groups in total. The Bertz CT molecular complexity index is 674. The minimum Gasteiger partial charge on any atom is -0.497 e. The molecule has 0 aromatic heterocycles. The summed E-state index contributed by atoms with van der Waals surface area (Å²) < 4.78 is 11.2. The quantitative estimate of drug-likeness (QED) is 0.395. The van der Waals surface area contributed by atoms with Gasteiger partial charge in [0.15, 0.2) is 5.96 Å². The molecule has 1 fully saturated rings. The van der Waals surface area contributed by atoms with Crippen LogP contribution in [0.2, 0.25) is 0 Å². The largest absolute Gasteiger partial charge is 0.497 e. The van der Waals surface area contributed by atoms with Crippen molar-refractivity contribution in [3.63, 3.8) is 0 Å². The van der Waals surface area contributed by atoms with E-state index in [1.54, 1.807) is 14.2 Å². The van der Waals surface area contributed by atoms with Gasteiger partial charge in [-0.05, 0) is 38.3 Å². The van der Waals surface area contributed by atoms with Crippen LogP contribution in [0.15, 0.2) is 29.3 Å². The van der Waals surface area contributed by atoms with Crippen molar-refractivity contribution in [2.45, 2.75) is 45.3 Å². The maximum Gasteiger partial charge on any atom is 0.234 e. The van der Waals surface area contributed by atoms with Gasteiger partial charge < -0.3 is 25.4 Å². The summed E-state index contributed by atoms with van der Waals surface area (Å²) in [6, 6.07) is 7.95. The molecule has 1 saturated heterocycles. The molecule has 0 bridgehead atoms. The summed E-state index contributed by atoms with van der Waals surface area (Å²) in [5.74, 6) is 2.45. The Kier molecular flexibility index (Phi) is 10.3. The van der Waals surface area contributed by atoms with Crippen LogP contribution in [0, 0.1) is 0 Å². The first-order valence-electron chi connectivity index (χ1n) is 10.8. The zero-order chi connectivity index (χ0) is 21.8. The van der Waals surface area contributed by atoms with E-state index in [2.05, 4.69) is 32.8 Å². The first kappa shape index (κ1) is 23.8. The van der Waals surface area contributed by atoms with Gasteiger partial charge in [0.2, 0.25) is 5.91 Å². The Morgan fingerprint density at radius 2 is 2.00 bits per heavy atom. The molecule has 30 heavy (non-hydrogen) atoms. The molecule has 1 amide bonds. The van der Waals surface area contributed by atoms with Crippen LogP contribution in [-0.4, -0.2) is 75.8 Å². The number of carbonyl (C=O) groups excluding carboxylic acids is 1. The number of amides is 1. The van der Waals surface area contributed by atoms with Gasteiger partial charge in [0, 0.05) is 38.8 Å². The van der Waals surface area contributed by atoms with Gasteiger partial charge in [-0.1, -0.05) is 13.0 Å². The molecule has 168 valence electrons. The Labute approximate surface area is 180 Å². The number of carbonyl (C=O) groups is 1. The van der Waals surface area contributed by atoms with E-state index in [9.17, 15) is 4.79 Å². The highest BCUT2D eigenvalue weighted by atomic mass is 16.5.